The first-order valence-corrected chi connectivity index (χ1v) is 7.03. The summed E-state index contributed by atoms with van der Waals surface area (Å²) in [5, 5.41) is 15.1. The highest BCUT2D eigenvalue weighted by atomic mass is 16.5. The number of carbonyl (C=O) groups is 1. The predicted octanol–water partition coefficient (Wildman–Crippen LogP) is 2.74. The Labute approximate surface area is 130 Å². The highest BCUT2D eigenvalue weighted by molar-refractivity contribution is 5.92. The van der Waals surface area contributed by atoms with Crippen molar-refractivity contribution in [3.63, 3.8) is 0 Å². The molecule has 0 heterocycles. The number of esters is 1. The Hall–Kier alpha value is -1.56. The maximum absolute atomic E-state index is 12.3. The molecule has 0 fully saturated rings. The number of hydrogen-bond acceptors (Lipinski definition) is 5. The highest BCUT2D eigenvalue weighted by Crippen LogP contribution is 2.58. The largest absolute Gasteiger partial charge is 0.466 e. The Morgan fingerprint density at radius 3 is 2.09 bits per heavy atom. The van der Waals surface area contributed by atoms with Crippen LogP contribution >= 0.6 is 0 Å². The molecule has 124 valence electrons. The summed E-state index contributed by atoms with van der Waals surface area (Å²) in [6, 6.07) is 0. The fourth-order valence-electron chi connectivity index (χ4n) is 3.56. The lowest BCUT2D eigenvalue weighted by Crippen LogP contribution is -2.72. The van der Waals surface area contributed by atoms with Crippen molar-refractivity contribution in [1.29, 1.82) is 0 Å². The van der Waals surface area contributed by atoms with Gasteiger partial charge in [-0.05, 0) is 31.9 Å². The average Bonchev–Trinajstić information content (AvgIpc) is 2.44. The monoisotopic (exact) mass is 311 g/mol. The molecule has 1 N–H and O–H groups in total. The smallest absolute Gasteiger partial charge is 0.334 e. The molecular formula is C15H25N3O4. The van der Waals surface area contributed by atoms with Crippen LogP contribution in [0.15, 0.2) is 16.3 Å². The first kappa shape index (κ1) is 18.5. The van der Waals surface area contributed by atoms with Crippen molar-refractivity contribution in [2.75, 3.05) is 14.2 Å². The topological polar surface area (TPSA) is 105 Å². The van der Waals surface area contributed by atoms with Gasteiger partial charge in [-0.25, -0.2) is 4.79 Å². The number of azide groups is 1. The summed E-state index contributed by atoms with van der Waals surface area (Å²) in [4.78, 5) is 15.2. The second kappa shape index (κ2) is 5.26. The molecular weight excluding hydrogens is 286 g/mol. The summed E-state index contributed by atoms with van der Waals surface area (Å²) in [6.07, 6.45) is 0. The summed E-state index contributed by atoms with van der Waals surface area (Å²) in [6.45, 7) is 10.1. The van der Waals surface area contributed by atoms with Gasteiger partial charge in [0.05, 0.1) is 12.6 Å². The van der Waals surface area contributed by atoms with Crippen LogP contribution < -0.4 is 0 Å². The Balaban J connectivity index is 3.97. The summed E-state index contributed by atoms with van der Waals surface area (Å²) in [5.74, 6) is -0.527. The quantitative estimate of drug-likeness (QED) is 0.374. The van der Waals surface area contributed by atoms with Gasteiger partial charge in [0, 0.05) is 23.0 Å². The Morgan fingerprint density at radius 2 is 1.73 bits per heavy atom. The number of methoxy groups -OCH3 is 2. The van der Waals surface area contributed by atoms with Crippen molar-refractivity contribution in [3.8, 4) is 0 Å². The Morgan fingerprint density at radius 1 is 1.23 bits per heavy atom. The molecule has 3 atom stereocenters. The third-order valence-electron chi connectivity index (χ3n) is 5.85. The third kappa shape index (κ3) is 1.89. The van der Waals surface area contributed by atoms with E-state index in [0.717, 1.165) is 0 Å². The van der Waals surface area contributed by atoms with Crippen LogP contribution in [0.25, 0.3) is 10.4 Å². The molecule has 22 heavy (non-hydrogen) atoms. The van der Waals surface area contributed by atoms with Crippen molar-refractivity contribution >= 4 is 5.97 Å². The third-order valence-corrected chi connectivity index (χ3v) is 5.85. The molecule has 0 bridgehead atoms. The van der Waals surface area contributed by atoms with Crippen LogP contribution in [0.2, 0.25) is 0 Å². The molecule has 0 aromatic heterocycles. The molecule has 0 amide bonds. The van der Waals surface area contributed by atoms with Gasteiger partial charge in [-0.3, -0.25) is 0 Å². The van der Waals surface area contributed by atoms with Gasteiger partial charge in [-0.1, -0.05) is 25.9 Å². The van der Waals surface area contributed by atoms with Crippen molar-refractivity contribution in [1.82, 2.24) is 0 Å². The molecule has 1 rings (SSSR count). The molecule has 0 aromatic carbocycles. The van der Waals surface area contributed by atoms with E-state index in [9.17, 15) is 9.90 Å². The summed E-state index contributed by atoms with van der Waals surface area (Å²) >= 11 is 0. The lowest BCUT2D eigenvalue weighted by Gasteiger charge is -2.61. The second-order valence-electron chi connectivity index (χ2n) is 6.69. The predicted molar refractivity (Wildman–Crippen MR) is 82.1 cm³/mol. The van der Waals surface area contributed by atoms with E-state index in [4.69, 9.17) is 15.0 Å². The number of carbonyl (C=O) groups excluding carboxylic acids is 1. The molecule has 0 aromatic rings. The van der Waals surface area contributed by atoms with Gasteiger partial charge in [0.2, 0.25) is 0 Å². The number of aliphatic hydroxyl groups is 1. The molecule has 1 aliphatic rings. The van der Waals surface area contributed by atoms with E-state index in [1.807, 2.05) is 0 Å². The lowest BCUT2D eigenvalue weighted by atomic mass is 9.50. The normalized spacial score (nSPS) is 37.5. The van der Waals surface area contributed by atoms with Crippen LogP contribution in [0.1, 0.15) is 41.5 Å². The molecule has 7 heteroatoms. The Bertz CT molecular complexity index is 575. The van der Waals surface area contributed by atoms with Gasteiger partial charge in [0.1, 0.15) is 11.2 Å². The van der Waals surface area contributed by atoms with E-state index in [0.29, 0.717) is 11.1 Å². The van der Waals surface area contributed by atoms with Gasteiger partial charge in [0.25, 0.3) is 0 Å². The number of nitrogens with zero attached hydrogens (tertiary/aromatic N) is 3. The fourth-order valence-corrected chi connectivity index (χ4v) is 3.56. The maximum atomic E-state index is 12.3. The lowest BCUT2D eigenvalue weighted by molar-refractivity contribution is -0.193. The van der Waals surface area contributed by atoms with Crippen LogP contribution in [0.4, 0.5) is 0 Å². The van der Waals surface area contributed by atoms with Gasteiger partial charge in [0.15, 0.2) is 0 Å². The molecule has 0 aliphatic heterocycles. The first-order chi connectivity index (χ1) is 9.89. The minimum atomic E-state index is -1.55. The van der Waals surface area contributed by atoms with Crippen molar-refractivity contribution in [2.24, 2.45) is 10.5 Å². The number of rotatable bonds is 3. The highest BCUT2D eigenvalue weighted by Gasteiger charge is 2.68. The van der Waals surface area contributed by atoms with Crippen molar-refractivity contribution < 1.29 is 19.4 Å². The van der Waals surface area contributed by atoms with Gasteiger partial charge < -0.3 is 14.6 Å². The van der Waals surface area contributed by atoms with Crippen LogP contribution in [0.5, 0.6) is 0 Å². The fraction of sp³-hybridized carbons (Fsp3) is 0.800. The minimum Gasteiger partial charge on any atom is -0.466 e. The van der Waals surface area contributed by atoms with E-state index in [1.165, 1.54) is 14.2 Å². The van der Waals surface area contributed by atoms with E-state index in [1.54, 1.807) is 41.5 Å². The SMILES string of the molecule is COC(=O)C1=C(C)C(C)(OC)C(C)(O)C(C)(N=[N+]=[N-])C1(C)C. The molecule has 3 unspecified atom stereocenters. The summed E-state index contributed by atoms with van der Waals surface area (Å²) in [5.41, 5.74) is 4.86. The molecule has 1 aliphatic carbocycles. The van der Waals surface area contributed by atoms with E-state index in [-0.39, 0.29) is 0 Å². The summed E-state index contributed by atoms with van der Waals surface area (Å²) in [7, 11) is 2.74. The number of ether oxygens (including phenoxy) is 2. The van der Waals surface area contributed by atoms with Gasteiger partial charge in [-0.15, -0.1) is 0 Å². The van der Waals surface area contributed by atoms with Crippen LogP contribution in [0.3, 0.4) is 0 Å². The minimum absolute atomic E-state index is 0.348. The summed E-state index contributed by atoms with van der Waals surface area (Å²) < 4.78 is 10.5. The average molecular weight is 311 g/mol. The molecule has 0 saturated heterocycles. The van der Waals surface area contributed by atoms with E-state index < -0.39 is 28.1 Å². The van der Waals surface area contributed by atoms with E-state index in [2.05, 4.69) is 10.0 Å². The first-order valence-electron chi connectivity index (χ1n) is 7.03. The second-order valence-corrected chi connectivity index (χ2v) is 6.69. The van der Waals surface area contributed by atoms with Gasteiger partial charge in [-0.2, -0.15) is 0 Å². The molecule has 0 spiro atoms. The zero-order valence-electron chi connectivity index (χ0n) is 14.5. The maximum Gasteiger partial charge on any atom is 0.334 e. The van der Waals surface area contributed by atoms with Crippen molar-refractivity contribution in [2.45, 2.75) is 58.3 Å². The molecule has 0 saturated carbocycles. The molecule has 0 radical (unpaired) electrons. The van der Waals surface area contributed by atoms with Crippen LogP contribution in [0, 0.1) is 5.41 Å². The van der Waals surface area contributed by atoms with Crippen LogP contribution in [-0.2, 0) is 14.3 Å². The standard InChI is InChI=1S/C15H25N3O4/c1-9-10(11(19)21-7)12(2,3)14(5,17-18-16)15(6,20)13(9,4)22-8/h20H,1-8H3. The van der Waals surface area contributed by atoms with Gasteiger partial charge >= 0.3 is 5.97 Å². The van der Waals surface area contributed by atoms with Crippen molar-refractivity contribution in [3.05, 3.63) is 21.6 Å². The number of hydrogen-bond donors (Lipinski definition) is 1. The van der Waals surface area contributed by atoms with Crippen LogP contribution in [-0.4, -0.2) is 42.0 Å². The van der Waals surface area contributed by atoms with E-state index >= 15 is 0 Å². The molecule has 7 nitrogen and oxygen atoms in total. The Kier molecular flexibility index (Phi) is 4.42. The zero-order valence-corrected chi connectivity index (χ0v) is 14.5. The zero-order chi connectivity index (χ0) is 17.6.